The molecule has 1 aromatic heterocycles. The Hall–Kier alpha value is -8.72. The second-order valence-corrected chi connectivity index (χ2v) is 18.0. The SMILES string of the molecule is c1ccc(-c2ccc(-c3cc(-c4ccc5c(c4)-c4ccccc4C54c5ccccc5-c5ccccc54)nc(-c4ccc(-c5c6ccccc6cc6c5ccc5ccccc56)cc4)n3)cc2)cc1. The van der Waals surface area contributed by atoms with Crippen molar-refractivity contribution in [3.8, 4) is 78.4 Å². The molecule has 2 heteroatoms. The summed E-state index contributed by atoms with van der Waals surface area (Å²) in [6, 6.07) is 88.7. The molecule has 0 bridgehead atoms. The summed E-state index contributed by atoms with van der Waals surface area (Å²) >= 11 is 0. The van der Waals surface area contributed by atoms with Crippen molar-refractivity contribution >= 4 is 32.3 Å². The highest BCUT2D eigenvalue weighted by Crippen LogP contribution is 2.63. The molecule has 67 heavy (non-hydrogen) atoms. The van der Waals surface area contributed by atoms with Crippen LogP contribution in [-0.2, 0) is 5.41 Å². The first-order valence-corrected chi connectivity index (χ1v) is 23.1. The minimum Gasteiger partial charge on any atom is -0.228 e. The van der Waals surface area contributed by atoms with Crippen molar-refractivity contribution in [1.82, 2.24) is 9.97 Å². The summed E-state index contributed by atoms with van der Waals surface area (Å²) in [7, 11) is 0. The van der Waals surface area contributed by atoms with Crippen LogP contribution in [0.1, 0.15) is 22.3 Å². The average molecular weight is 849 g/mol. The molecular formula is C65H40N2. The van der Waals surface area contributed by atoms with E-state index in [0.717, 1.165) is 33.6 Å². The van der Waals surface area contributed by atoms with Crippen molar-refractivity contribution < 1.29 is 0 Å². The third-order valence-corrected chi connectivity index (χ3v) is 14.5. The van der Waals surface area contributed by atoms with E-state index in [1.54, 1.807) is 0 Å². The van der Waals surface area contributed by atoms with Gasteiger partial charge in [0.2, 0.25) is 0 Å². The number of hydrogen-bond acceptors (Lipinski definition) is 2. The molecule has 0 saturated heterocycles. The number of benzene rings is 11. The lowest BCUT2D eigenvalue weighted by molar-refractivity contribution is 0.794. The smallest absolute Gasteiger partial charge is 0.160 e. The summed E-state index contributed by atoms with van der Waals surface area (Å²) in [6.07, 6.45) is 0. The van der Waals surface area contributed by atoms with E-state index in [2.05, 4.69) is 243 Å². The Balaban J connectivity index is 0.934. The summed E-state index contributed by atoms with van der Waals surface area (Å²) in [5, 5.41) is 7.49. The normalized spacial score (nSPS) is 12.9. The maximum Gasteiger partial charge on any atom is 0.160 e. The molecule has 0 atom stereocenters. The molecule has 1 spiro atoms. The van der Waals surface area contributed by atoms with E-state index >= 15 is 0 Å². The van der Waals surface area contributed by atoms with Crippen LogP contribution >= 0.6 is 0 Å². The predicted molar refractivity (Wildman–Crippen MR) is 278 cm³/mol. The zero-order valence-corrected chi connectivity index (χ0v) is 36.5. The fourth-order valence-electron chi connectivity index (χ4n) is 11.5. The van der Waals surface area contributed by atoms with Crippen LogP contribution in [0.3, 0.4) is 0 Å². The van der Waals surface area contributed by atoms with E-state index in [1.807, 2.05) is 0 Å². The predicted octanol–water partition coefficient (Wildman–Crippen LogP) is 16.6. The molecule has 310 valence electrons. The molecule has 0 fully saturated rings. The minimum atomic E-state index is -0.398. The van der Waals surface area contributed by atoms with Gasteiger partial charge in [0.25, 0.3) is 0 Å². The molecule has 12 aromatic rings. The number of nitrogens with zero attached hydrogens (tertiary/aromatic N) is 2. The quantitative estimate of drug-likeness (QED) is 0.127. The van der Waals surface area contributed by atoms with Crippen LogP contribution in [0.5, 0.6) is 0 Å². The van der Waals surface area contributed by atoms with Crippen LogP contribution in [-0.4, -0.2) is 9.97 Å². The Labute approximate surface area is 389 Å². The van der Waals surface area contributed by atoms with Gasteiger partial charge >= 0.3 is 0 Å². The number of aromatic nitrogens is 2. The van der Waals surface area contributed by atoms with Gasteiger partial charge in [-0.15, -0.1) is 0 Å². The molecule has 0 amide bonds. The van der Waals surface area contributed by atoms with E-state index in [1.165, 1.54) is 93.5 Å². The topological polar surface area (TPSA) is 25.8 Å². The van der Waals surface area contributed by atoms with E-state index in [9.17, 15) is 0 Å². The summed E-state index contributed by atoms with van der Waals surface area (Å²) in [5.74, 6) is 0.691. The molecule has 0 unspecified atom stereocenters. The molecular weight excluding hydrogens is 809 g/mol. The third kappa shape index (κ3) is 5.63. The Kier molecular flexibility index (Phi) is 8.23. The maximum atomic E-state index is 5.43. The van der Waals surface area contributed by atoms with Crippen LogP contribution in [0.25, 0.3) is 111 Å². The van der Waals surface area contributed by atoms with Crippen LogP contribution in [0, 0.1) is 0 Å². The fourth-order valence-corrected chi connectivity index (χ4v) is 11.5. The van der Waals surface area contributed by atoms with Crippen LogP contribution in [0.4, 0.5) is 0 Å². The minimum absolute atomic E-state index is 0.398. The summed E-state index contributed by atoms with van der Waals surface area (Å²) in [4.78, 5) is 10.8. The molecule has 0 aliphatic heterocycles. The van der Waals surface area contributed by atoms with Gasteiger partial charge in [-0.05, 0) is 117 Å². The van der Waals surface area contributed by atoms with Crippen LogP contribution in [0.2, 0.25) is 0 Å². The lowest BCUT2D eigenvalue weighted by Gasteiger charge is -2.30. The van der Waals surface area contributed by atoms with E-state index in [0.29, 0.717) is 5.82 Å². The van der Waals surface area contributed by atoms with Gasteiger partial charge in [-0.3, -0.25) is 0 Å². The van der Waals surface area contributed by atoms with E-state index < -0.39 is 5.41 Å². The zero-order valence-electron chi connectivity index (χ0n) is 36.5. The summed E-state index contributed by atoms with van der Waals surface area (Å²) in [5.41, 5.74) is 19.6. The molecule has 0 radical (unpaired) electrons. The molecule has 1 heterocycles. The molecule has 2 aliphatic rings. The Bertz CT molecular complexity index is 3910. The third-order valence-electron chi connectivity index (χ3n) is 14.5. The molecule has 14 rings (SSSR count). The summed E-state index contributed by atoms with van der Waals surface area (Å²) < 4.78 is 0. The maximum absolute atomic E-state index is 5.43. The molecule has 11 aromatic carbocycles. The van der Waals surface area contributed by atoms with Crippen molar-refractivity contribution in [2.75, 3.05) is 0 Å². The second-order valence-electron chi connectivity index (χ2n) is 18.0. The lowest BCUT2D eigenvalue weighted by atomic mass is 9.70. The second kappa shape index (κ2) is 14.7. The highest BCUT2D eigenvalue weighted by molar-refractivity contribution is 6.20. The lowest BCUT2D eigenvalue weighted by Crippen LogP contribution is -2.25. The monoisotopic (exact) mass is 848 g/mol. The first kappa shape index (κ1) is 37.6. The van der Waals surface area contributed by atoms with Gasteiger partial charge in [0.1, 0.15) is 0 Å². The number of fused-ring (bicyclic) bond motifs is 14. The standard InChI is InChI=1S/C65H40N2/c1-2-14-41(15-3-1)42-26-28-44(29-27-42)61-40-62(48-35-37-60-56(39-48)53-22-10-13-25-59(53)65(60)57-23-11-8-20-51(57)52-21-9-12-24-58(52)65)67-64(66-61)46-32-30-45(31-33-46)63-50-19-7-5-17-47(50)38-55-49-18-6-4-16-43(49)34-36-54(55)63/h1-40H. The van der Waals surface area contributed by atoms with Crippen molar-refractivity contribution in [1.29, 1.82) is 0 Å². The van der Waals surface area contributed by atoms with Crippen molar-refractivity contribution in [2.24, 2.45) is 0 Å². The van der Waals surface area contributed by atoms with Crippen molar-refractivity contribution in [3.05, 3.63) is 265 Å². The Morgan fingerprint density at radius 1 is 0.254 bits per heavy atom. The van der Waals surface area contributed by atoms with Gasteiger partial charge in [0.15, 0.2) is 5.82 Å². The highest BCUT2D eigenvalue weighted by atomic mass is 14.9. The molecule has 2 aliphatic carbocycles. The largest absolute Gasteiger partial charge is 0.228 e. The molecule has 0 N–H and O–H groups in total. The first-order valence-electron chi connectivity index (χ1n) is 23.1. The molecule has 2 nitrogen and oxygen atoms in total. The summed E-state index contributed by atoms with van der Waals surface area (Å²) in [6.45, 7) is 0. The van der Waals surface area contributed by atoms with Crippen molar-refractivity contribution in [3.63, 3.8) is 0 Å². The zero-order chi connectivity index (χ0) is 44.1. The van der Waals surface area contributed by atoms with Gasteiger partial charge in [-0.1, -0.05) is 224 Å². The fraction of sp³-hybridized carbons (Fsp3) is 0.0154. The van der Waals surface area contributed by atoms with Gasteiger partial charge < -0.3 is 0 Å². The van der Waals surface area contributed by atoms with Gasteiger partial charge in [0, 0.05) is 16.7 Å². The van der Waals surface area contributed by atoms with Crippen LogP contribution < -0.4 is 0 Å². The number of hydrogen-bond donors (Lipinski definition) is 0. The number of rotatable bonds is 5. The van der Waals surface area contributed by atoms with Crippen LogP contribution in [0.15, 0.2) is 243 Å². The highest BCUT2D eigenvalue weighted by Gasteiger charge is 2.51. The molecule has 0 saturated carbocycles. The Morgan fingerprint density at radius 3 is 1.45 bits per heavy atom. The Morgan fingerprint density at radius 2 is 0.746 bits per heavy atom. The average Bonchev–Trinajstić information content (AvgIpc) is 3.87. The van der Waals surface area contributed by atoms with E-state index in [4.69, 9.17) is 9.97 Å². The first-order chi connectivity index (χ1) is 33.2. The van der Waals surface area contributed by atoms with Crippen molar-refractivity contribution in [2.45, 2.75) is 5.41 Å². The van der Waals surface area contributed by atoms with E-state index in [-0.39, 0.29) is 0 Å². The van der Waals surface area contributed by atoms with Gasteiger partial charge in [-0.2, -0.15) is 0 Å². The van der Waals surface area contributed by atoms with Gasteiger partial charge in [0.05, 0.1) is 16.8 Å². The van der Waals surface area contributed by atoms with Gasteiger partial charge in [-0.25, -0.2) is 9.97 Å².